The number of hydrogen-bond acceptors (Lipinski definition) is 3. The fourth-order valence-electron chi connectivity index (χ4n) is 2.90. The molecule has 0 bridgehead atoms. The quantitative estimate of drug-likeness (QED) is 0.787. The van der Waals surface area contributed by atoms with Crippen molar-refractivity contribution in [2.75, 3.05) is 0 Å². The monoisotopic (exact) mass is 314 g/mol. The Morgan fingerprint density at radius 3 is 1.83 bits per heavy atom. The Kier molecular flexibility index (Phi) is 3.63. The molecule has 3 aromatic carbocycles. The van der Waals surface area contributed by atoms with Gasteiger partial charge in [0.25, 0.3) is 0 Å². The molecule has 0 amide bonds. The van der Waals surface area contributed by atoms with Gasteiger partial charge in [0.15, 0.2) is 5.84 Å². The van der Waals surface area contributed by atoms with Crippen molar-refractivity contribution in [1.82, 2.24) is 5.48 Å². The maximum Gasteiger partial charge on any atom is 0.238 e. The standard InChI is InChI=1S/C21H18N2O/c1-16-12-14-17(15-13-16)20-22-21(24-23-20,18-8-4-2-5-9-18)19-10-6-3-7-11-19/h2-15H,1H3,(H,22,23). The van der Waals surface area contributed by atoms with Gasteiger partial charge in [0.05, 0.1) is 0 Å². The molecule has 0 unspecified atom stereocenters. The summed E-state index contributed by atoms with van der Waals surface area (Å²) in [4.78, 5) is 11.0. The van der Waals surface area contributed by atoms with Crippen molar-refractivity contribution in [2.45, 2.75) is 12.6 Å². The Balaban J connectivity index is 1.85. The summed E-state index contributed by atoms with van der Waals surface area (Å²) in [5, 5.41) is 0. The summed E-state index contributed by atoms with van der Waals surface area (Å²) in [5.41, 5.74) is 6.37. The number of hydrogen-bond donors (Lipinski definition) is 1. The van der Waals surface area contributed by atoms with Gasteiger partial charge >= 0.3 is 0 Å². The van der Waals surface area contributed by atoms with Crippen molar-refractivity contribution in [3.8, 4) is 0 Å². The summed E-state index contributed by atoms with van der Waals surface area (Å²) in [6.07, 6.45) is 0. The molecule has 0 fully saturated rings. The van der Waals surface area contributed by atoms with Crippen LogP contribution in [0.2, 0.25) is 0 Å². The third kappa shape index (κ3) is 2.49. The SMILES string of the molecule is Cc1ccc(C2=NC(c3ccccc3)(c3ccccc3)ON2)cc1. The molecule has 0 saturated carbocycles. The molecule has 3 nitrogen and oxygen atoms in total. The summed E-state index contributed by atoms with van der Waals surface area (Å²) in [6, 6.07) is 28.4. The first kappa shape index (κ1) is 14.7. The topological polar surface area (TPSA) is 33.6 Å². The molecule has 1 aliphatic rings. The number of nitrogens with one attached hydrogen (secondary N) is 1. The van der Waals surface area contributed by atoms with Gasteiger partial charge in [-0.15, -0.1) is 0 Å². The molecule has 0 saturated heterocycles. The van der Waals surface area contributed by atoms with Crippen LogP contribution in [0.25, 0.3) is 0 Å². The third-order valence-corrected chi connectivity index (χ3v) is 4.22. The van der Waals surface area contributed by atoms with Gasteiger partial charge in [-0.2, -0.15) is 0 Å². The number of amidine groups is 1. The van der Waals surface area contributed by atoms with Crippen LogP contribution in [0.4, 0.5) is 0 Å². The van der Waals surface area contributed by atoms with E-state index in [0.29, 0.717) is 0 Å². The van der Waals surface area contributed by atoms with Crippen LogP contribution in [0.15, 0.2) is 89.9 Å². The van der Waals surface area contributed by atoms with Crippen LogP contribution in [0.3, 0.4) is 0 Å². The zero-order chi connectivity index (χ0) is 16.4. The largest absolute Gasteiger partial charge is 0.245 e. The minimum atomic E-state index is -0.872. The molecule has 24 heavy (non-hydrogen) atoms. The fourth-order valence-corrected chi connectivity index (χ4v) is 2.90. The molecule has 1 heterocycles. The molecule has 1 aliphatic heterocycles. The lowest BCUT2D eigenvalue weighted by Gasteiger charge is -2.24. The van der Waals surface area contributed by atoms with Gasteiger partial charge in [-0.05, 0) is 6.92 Å². The molecule has 0 spiro atoms. The number of nitrogens with zero attached hydrogens (tertiary/aromatic N) is 1. The summed E-state index contributed by atoms with van der Waals surface area (Å²) >= 11 is 0. The average Bonchev–Trinajstić information content (AvgIpc) is 3.10. The van der Waals surface area contributed by atoms with Crippen LogP contribution in [0, 0.1) is 6.92 Å². The maximum atomic E-state index is 6.06. The predicted octanol–water partition coefficient (Wildman–Crippen LogP) is 4.18. The molecular formula is C21H18N2O. The summed E-state index contributed by atoms with van der Waals surface area (Å²) in [5.74, 6) is 0.739. The van der Waals surface area contributed by atoms with E-state index in [1.807, 2.05) is 60.7 Å². The average molecular weight is 314 g/mol. The molecule has 0 radical (unpaired) electrons. The van der Waals surface area contributed by atoms with Crippen molar-refractivity contribution in [3.63, 3.8) is 0 Å². The second-order valence-electron chi connectivity index (χ2n) is 5.91. The highest BCUT2D eigenvalue weighted by Crippen LogP contribution is 2.37. The Hall–Kier alpha value is -2.91. The van der Waals surface area contributed by atoms with E-state index in [9.17, 15) is 0 Å². The second-order valence-corrected chi connectivity index (χ2v) is 5.91. The van der Waals surface area contributed by atoms with E-state index >= 15 is 0 Å². The van der Waals surface area contributed by atoms with E-state index < -0.39 is 5.72 Å². The Bertz CT molecular complexity index is 816. The van der Waals surface area contributed by atoms with Gasteiger partial charge in [-0.1, -0.05) is 90.5 Å². The number of aryl methyl sites for hydroxylation is 1. The summed E-state index contributed by atoms with van der Waals surface area (Å²) in [6.45, 7) is 2.07. The molecule has 3 heteroatoms. The van der Waals surface area contributed by atoms with Gasteiger partial charge in [-0.3, -0.25) is 0 Å². The van der Waals surface area contributed by atoms with E-state index in [4.69, 9.17) is 9.83 Å². The van der Waals surface area contributed by atoms with Crippen LogP contribution in [0.1, 0.15) is 22.3 Å². The van der Waals surface area contributed by atoms with E-state index in [1.165, 1.54) is 5.56 Å². The van der Waals surface area contributed by atoms with Crippen LogP contribution in [-0.4, -0.2) is 5.84 Å². The van der Waals surface area contributed by atoms with Crippen LogP contribution in [-0.2, 0) is 10.6 Å². The minimum absolute atomic E-state index is 0.739. The number of rotatable bonds is 3. The lowest BCUT2D eigenvalue weighted by molar-refractivity contribution is -0.0286. The van der Waals surface area contributed by atoms with Gasteiger partial charge in [-0.25, -0.2) is 15.3 Å². The summed E-state index contributed by atoms with van der Waals surface area (Å²) < 4.78 is 0. The molecule has 0 atom stereocenters. The van der Waals surface area contributed by atoms with E-state index in [2.05, 4.69) is 36.7 Å². The predicted molar refractivity (Wildman–Crippen MR) is 95.6 cm³/mol. The van der Waals surface area contributed by atoms with E-state index in [0.717, 1.165) is 22.5 Å². The zero-order valence-corrected chi connectivity index (χ0v) is 13.4. The molecule has 0 aromatic heterocycles. The Morgan fingerprint density at radius 1 is 0.750 bits per heavy atom. The van der Waals surface area contributed by atoms with Crippen LogP contribution < -0.4 is 5.48 Å². The van der Waals surface area contributed by atoms with Gasteiger partial charge < -0.3 is 0 Å². The normalized spacial score (nSPS) is 15.6. The van der Waals surface area contributed by atoms with Crippen molar-refractivity contribution < 1.29 is 4.84 Å². The lowest BCUT2D eigenvalue weighted by atomic mass is 9.95. The minimum Gasteiger partial charge on any atom is -0.245 e. The Morgan fingerprint density at radius 2 is 1.29 bits per heavy atom. The van der Waals surface area contributed by atoms with Crippen LogP contribution in [0.5, 0.6) is 0 Å². The van der Waals surface area contributed by atoms with Gasteiger partial charge in [0.2, 0.25) is 5.72 Å². The first-order valence-corrected chi connectivity index (χ1v) is 8.00. The highest BCUT2D eigenvalue weighted by molar-refractivity contribution is 5.99. The lowest BCUT2D eigenvalue weighted by Crippen LogP contribution is -2.29. The van der Waals surface area contributed by atoms with Crippen molar-refractivity contribution in [1.29, 1.82) is 0 Å². The number of aliphatic imine (C=N–C) groups is 1. The molecule has 0 aliphatic carbocycles. The highest BCUT2D eigenvalue weighted by Gasteiger charge is 2.40. The molecule has 3 aromatic rings. The maximum absolute atomic E-state index is 6.06. The smallest absolute Gasteiger partial charge is 0.238 e. The molecule has 118 valence electrons. The van der Waals surface area contributed by atoms with Crippen molar-refractivity contribution >= 4 is 5.84 Å². The molecule has 4 rings (SSSR count). The van der Waals surface area contributed by atoms with Crippen LogP contribution >= 0.6 is 0 Å². The first-order chi connectivity index (χ1) is 11.8. The van der Waals surface area contributed by atoms with Crippen molar-refractivity contribution in [2.24, 2.45) is 4.99 Å². The molecule has 1 N–H and O–H groups in total. The number of hydroxylamine groups is 1. The highest BCUT2D eigenvalue weighted by atomic mass is 16.7. The van der Waals surface area contributed by atoms with E-state index in [-0.39, 0.29) is 0 Å². The third-order valence-electron chi connectivity index (χ3n) is 4.22. The van der Waals surface area contributed by atoms with Gasteiger partial charge in [0.1, 0.15) is 0 Å². The molecular weight excluding hydrogens is 296 g/mol. The van der Waals surface area contributed by atoms with Gasteiger partial charge in [0, 0.05) is 16.7 Å². The zero-order valence-electron chi connectivity index (χ0n) is 13.4. The van der Waals surface area contributed by atoms with E-state index in [1.54, 1.807) is 0 Å². The number of benzene rings is 3. The summed E-state index contributed by atoms with van der Waals surface area (Å²) in [7, 11) is 0. The fraction of sp³-hybridized carbons (Fsp3) is 0.0952. The second kappa shape index (κ2) is 5.95. The Labute approximate surface area is 141 Å². The first-order valence-electron chi connectivity index (χ1n) is 8.00. The van der Waals surface area contributed by atoms with Crippen molar-refractivity contribution in [3.05, 3.63) is 107 Å².